The number of benzene rings is 2. The largest absolute Gasteiger partial charge is 0.497 e. The molecule has 0 saturated carbocycles. The number of carbonyl (C=O) groups is 1. The lowest BCUT2D eigenvalue weighted by Gasteiger charge is -2.27. The van der Waals surface area contributed by atoms with E-state index in [0.717, 1.165) is 43.6 Å². The summed E-state index contributed by atoms with van der Waals surface area (Å²) in [4.78, 5) is 13.3. The van der Waals surface area contributed by atoms with Crippen LogP contribution in [-0.4, -0.2) is 61.9 Å². The first-order valence-corrected chi connectivity index (χ1v) is 10.00. The molecule has 0 bridgehead atoms. The second-order valence-corrected chi connectivity index (χ2v) is 7.30. The predicted molar refractivity (Wildman–Crippen MR) is 111 cm³/mol. The Morgan fingerprint density at radius 1 is 1.24 bits per heavy atom. The molecule has 1 fully saturated rings. The van der Waals surface area contributed by atoms with Gasteiger partial charge in [0.1, 0.15) is 24.2 Å². The summed E-state index contributed by atoms with van der Waals surface area (Å²) in [5.41, 5.74) is 1.62. The monoisotopic (exact) mass is 399 g/mol. The van der Waals surface area contributed by atoms with E-state index < -0.39 is 6.10 Å². The van der Waals surface area contributed by atoms with Crippen LogP contribution in [0.15, 0.2) is 48.5 Å². The van der Waals surface area contributed by atoms with Crippen LogP contribution in [0.1, 0.15) is 28.8 Å². The van der Waals surface area contributed by atoms with Crippen LogP contribution in [0, 0.1) is 0 Å². The molecule has 29 heavy (non-hydrogen) atoms. The van der Waals surface area contributed by atoms with Gasteiger partial charge in [-0.25, -0.2) is 0 Å². The van der Waals surface area contributed by atoms with Crippen LogP contribution in [0.5, 0.6) is 11.5 Å². The Morgan fingerprint density at radius 3 is 2.72 bits per heavy atom. The highest BCUT2D eigenvalue weighted by atomic mass is 16.5. The van der Waals surface area contributed by atoms with E-state index in [0.29, 0.717) is 24.4 Å². The molecule has 1 saturated heterocycles. The summed E-state index contributed by atoms with van der Waals surface area (Å²) in [5.74, 6) is 1.31. The average molecular weight is 399 g/mol. The third-order valence-corrected chi connectivity index (χ3v) is 5.00. The molecule has 0 amide bonds. The number of nitrogens with zero attached hydrogens (tertiary/aromatic N) is 1. The average Bonchev–Trinajstić information content (AvgIpc) is 3.26. The number of para-hydroxylation sites is 1. The minimum Gasteiger partial charge on any atom is -0.497 e. The van der Waals surface area contributed by atoms with E-state index in [4.69, 9.17) is 14.2 Å². The first-order chi connectivity index (χ1) is 14.2. The standard InChI is InChI=1S/C23H29NO5/c1-27-21-10-8-18(9-11-21)13-24(15-22-6-4-12-28-22)14-20(26)17-29-23-7-3-2-5-19(23)16-25/h2-3,5,7-11,16,20,22,26H,4,6,12-15,17H2,1H3. The zero-order valence-electron chi connectivity index (χ0n) is 16.8. The number of carbonyl (C=O) groups excluding carboxylic acids is 1. The predicted octanol–water partition coefficient (Wildman–Crippen LogP) is 2.93. The summed E-state index contributed by atoms with van der Waals surface area (Å²) >= 11 is 0. The van der Waals surface area contributed by atoms with Crippen molar-refractivity contribution in [2.75, 3.05) is 33.4 Å². The Bertz CT molecular complexity index is 758. The lowest BCUT2D eigenvalue weighted by atomic mass is 10.1. The van der Waals surface area contributed by atoms with Crippen LogP contribution in [0.2, 0.25) is 0 Å². The number of aliphatic hydroxyl groups excluding tert-OH is 1. The number of aldehydes is 1. The smallest absolute Gasteiger partial charge is 0.153 e. The zero-order chi connectivity index (χ0) is 20.5. The molecule has 2 aromatic rings. The van der Waals surface area contributed by atoms with Crippen LogP contribution in [0.3, 0.4) is 0 Å². The summed E-state index contributed by atoms with van der Waals surface area (Å²) in [6.45, 7) is 2.83. The minimum absolute atomic E-state index is 0.121. The van der Waals surface area contributed by atoms with Crippen molar-refractivity contribution >= 4 is 6.29 Å². The van der Waals surface area contributed by atoms with Gasteiger partial charge in [0.15, 0.2) is 6.29 Å². The van der Waals surface area contributed by atoms with Gasteiger partial charge in [-0.15, -0.1) is 0 Å². The molecule has 0 aromatic heterocycles. The van der Waals surface area contributed by atoms with Gasteiger partial charge in [0.05, 0.1) is 18.8 Å². The van der Waals surface area contributed by atoms with Crippen molar-refractivity contribution in [3.63, 3.8) is 0 Å². The Kier molecular flexibility index (Phi) is 8.04. The normalized spacial score (nSPS) is 17.3. The van der Waals surface area contributed by atoms with Crippen molar-refractivity contribution in [1.82, 2.24) is 4.90 Å². The maximum absolute atomic E-state index is 11.1. The van der Waals surface area contributed by atoms with Gasteiger partial charge in [0.2, 0.25) is 0 Å². The third kappa shape index (κ3) is 6.56. The van der Waals surface area contributed by atoms with E-state index in [9.17, 15) is 9.90 Å². The maximum Gasteiger partial charge on any atom is 0.153 e. The Labute approximate surface area is 172 Å². The second-order valence-electron chi connectivity index (χ2n) is 7.30. The van der Waals surface area contributed by atoms with Gasteiger partial charge in [-0.2, -0.15) is 0 Å². The van der Waals surface area contributed by atoms with E-state index in [1.54, 1.807) is 25.3 Å². The van der Waals surface area contributed by atoms with Gasteiger partial charge >= 0.3 is 0 Å². The molecule has 6 heteroatoms. The summed E-state index contributed by atoms with van der Waals surface area (Å²) in [6.07, 6.45) is 2.38. The van der Waals surface area contributed by atoms with Crippen LogP contribution in [0.25, 0.3) is 0 Å². The highest BCUT2D eigenvalue weighted by Gasteiger charge is 2.21. The van der Waals surface area contributed by atoms with E-state index in [1.165, 1.54) is 0 Å². The summed E-state index contributed by atoms with van der Waals surface area (Å²) in [6, 6.07) is 15.0. The number of rotatable bonds is 11. The number of hydrogen-bond acceptors (Lipinski definition) is 6. The maximum atomic E-state index is 11.1. The SMILES string of the molecule is COc1ccc(CN(CC(O)COc2ccccc2C=O)CC2CCCO2)cc1. The molecule has 0 spiro atoms. The molecule has 1 heterocycles. The van der Waals surface area contributed by atoms with Crippen molar-refractivity contribution < 1.29 is 24.1 Å². The molecule has 1 aliphatic heterocycles. The quantitative estimate of drug-likeness (QED) is 0.586. The molecule has 2 unspecified atom stereocenters. The highest BCUT2D eigenvalue weighted by Crippen LogP contribution is 2.19. The summed E-state index contributed by atoms with van der Waals surface area (Å²) in [5, 5.41) is 10.6. The topological polar surface area (TPSA) is 68.2 Å². The van der Waals surface area contributed by atoms with Crippen molar-refractivity contribution in [1.29, 1.82) is 0 Å². The van der Waals surface area contributed by atoms with Crippen LogP contribution in [-0.2, 0) is 11.3 Å². The van der Waals surface area contributed by atoms with Gasteiger partial charge < -0.3 is 19.3 Å². The summed E-state index contributed by atoms with van der Waals surface area (Å²) < 4.78 is 16.7. The molecule has 0 radical (unpaired) electrons. The molecule has 6 nitrogen and oxygen atoms in total. The summed E-state index contributed by atoms with van der Waals surface area (Å²) in [7, 11) is 1.65. The zero-order valence-corrected chi connectivity index (χ0v) is 16.8. The molecule has 1 N–H and O–H groups in total. The molecule has 156 valence electrons. The van der Waals surface area contributed by atoms with Crippen LogP contribution < -0.4 is 9.47 Å². The Morgan fingerprint density at radius 2 is 2.03 bits per heavy atom. The molecular formula is C23H29NO5. The van der Waals surface area contributed by atoms with Crippen LogP contribution in [0.4, 0.5) is 0 Å². The molecular weight excluding hydrogens is 370 g/mol. The Hall–Kier alpha value is -2.41. The van der Waals surface area contributed by atoms with Crippen molar-refractivity contribution in [2.24, 2.45) is 0 Å². The van der Waals surface area contributed by atoms with Crippen molar-refractivity contribution in [3.05, 3.63) is 59.7 Å². The lowest BCUT2D eigenvalue weighted by molar-refractivity contribution is 0.0312. The van der Waals surface area contributed by atoms with Gasteiger partial charge in [0.25, 0.3) is 0 Å². The van der Waals surface area contributed by atoms with Crippen molar-refractivity contribution in [3.8, 4) is 11.5 Å². The van der Waals surface area contributed by atoms with Gasteiger partial charge in [-0.1, -0.05) is 24.3 Å². The molecule has 1 aliphatic rings. The molecule has 2 atom stereocenters. The van der Waals surface area contributed by atoms with Gasteiger partial charge in [-0.05, 0) is 42.7 Å². The number of methoxy groups -OCH3 is 1. The number of aliphatic hydroxyl groups is 1. The van der Waals surface area contributed by atoms with Crippen molar-refractivity contribution in [2.45, 2.75) is 31.6 Å². The Balaban J connectivity index is 1.59. The number of ether oxygens (including phenoxy) is 3. The fraction of sp³-hybridized carbons (Fsp3) is 0.435. The van der Waals surface area contributed by atoms with Crippen LogP contribution >= 0.6 is 0 Å². The second kappa shape index (κ2) is 11.0. The highest BCUT2D eigenvalue weighted by molar-refractivity contribution is 5.79. The molecule has 2 aromatic carbocycles. The van der Waals surface area contributed by atoms with E-state index in [1.807, 2.05) is 30.3 Å². The van der Waals surface area contributed by atoms with E-state index in [2.05, 4.69) is 4.90 Å². The molecule has 0 aliphatic carbocycles. The molecule has 3 rings (SSSR count). The third-order valence-electron chi connectivity index (χ3n) is 5.00. The fourth-order valence-electron chi connectivity index (χ4n) is 3.52. The van der Waals surface area contributed by atoms with E-state index >= 15 is 0 Å². The lowest BCUT2D eigenvalue weighted by Crippen LogP contribution is -2.39. The first kappa shape index (κ1) is 21.3. The van der Waals surface area contributed by atoms with Gasteiger partial charge in [-0.3, -0.25) is 9.69 Å². The van der Waals surface area contributed by atoms with E-state index in [-0.39, 0.29) is 12.7 Å². The number of hydrogen-bond donors (Lipinski definition) is 1. The van der Waals surface area contributed by atoms with Gasteiger partial charge in [0, 0.05) is 26.2 Å². The first-order valence-electron chi connectivity index (χ1n) is 10.00. The fourth-order valence-corrected chi connectivity index (χ4v) is 3.52. The minimum atomic E-state index is -0.686.